The molecule has 0 amide bonds. The molecule has 2 aromatic carbocycles. The highest BCUT2D eigenvalue weighted by atomic mass is 32.2. The fourth-order valence-corrected chi connectivity index (χ4v) is 21.4. The van der Waals surface area contributed by atoms with E-state index >= 15 is 22.4 Å². The molecule has 1 spiro atoms. The van der Waals surface area contributed by atoms with E-state index in [9.17, 15) is 13.0 Å². The number of carbonyl (C=O) groups excluding carboxylic acids is 1. The first-order chi connectivity index (χ1) is 28.9. The van der Waals surface area contributed by atoms with E-state index < -0.39 is 50.0 Å². The Morgan fingerprint density at radius 3 is 1.63 bits per heavy atom. The molecule has 12 saturated carbocycles. The monoisotopic (exact) mass is 844 g/mol. The van der Waals surface area contributed by atoms with Gasteiger partial charge in [0.2, 0.25) is 17.4 Å². The second kappa shape index (κ2) is 12.2. The largest absolute Gasteiger partial charge is 0.416 e. The second-order valence-corrected chi connectivity index (χ2v) is 24.7. The number of ether oxygens (including phenoxy) is 1. The zero-order valence-electron chi connectivity index (χ0n) is 34.1. The van der Waals surface area contributed by atoms with E-state index in [-0.39, 0.29) is 11.8 Å². The van der Waals surface area contributed by atoms with Crippen LogP contribution in [-0.4, -0.2) is 18.9 Å². The van der Waals surface area contributed by atoms with Gasteiger partial charge in [0, 0.05) is 0 Å². The normalized spacial score (nSPS) is 49.0. The van der Waals surface area contributed by atoms with E-state index in [4.69, 9.17) is 4.74 Å². The lowest BCUT2D eigenvalue weighted by Gasteiger charge is -2.44. The second-order valence-electron chi connectivity index (χ2n) is 23.4. The zero-order chi connectivity index (χ0) is 40.5. The molecule has 5 nitrogen and oxygen atoms in total. The van der Waals surface area contributed by atoms with Gasteiger partial charge in [-0.1, -0.05) is 18.6 Å². The van der Waals surface area contributed by atoms with Gasteiger partial charge in [0.25, 0.3) is 0 Å². The highest BCUT2D eigenvalue weighted by Gasteiger charge is 2.66. The van der Waals surface area contributed by atoms with Crippen LogP contribution in [0.3, 0.4) is 0 Å². The summed E-state index contributed by atoms with van der Waals surface area (Å²) in [5.74, 6) is -0.175. The molecule has 14 rings (SSSR count). The van der Waals surface area contributed by atoms with Crippen molar-refractivity contribution >= 4 is 16.1 Å². The van der Waals surface area contributed by atoms with E-state index in [0.29, 0.717) is 70.2 Å². The lowest BCUT2D eigenvalue weighted by Crippen LogP contribution is -2.36. The molecule has 2 aromatic rings. The molecule has 12 aliphatic carbocycles. The first-order valence-corrected chi connectivity index (χ1v) is 25.5. The smallest absolute Gasteiger partial charge is 0.344 e. The Morgan fingerprint density at radius 2 is 1.15 bits per heavy atom. The minimum Gasteiger partial charge on any atom is -0.416 e. The van der Waals surface area contributed by atoms with Crippen LogP contribution in [0.2, 0.25) is 0 Å². The first-order valence-electron chi connectivity index (χ1n) is 24.1. The van der Waals surface area contributed by atoms with Gasteiger partial charge in [-0.2, -0.15) is 17.2 Å². The molecule has 0 aromatic heterocycles. The van der Waals surface area contributed by atoms with Crippen LogP contribution in [0, 0.1) is 123 Å². The number of fused-ring (bicyclic) bond motifs is 24. The molecule has 320 valence electrons. The van der Waals surface area contributed by atoms with Crippen LogP contribution in [0.1, 0.15) is 154 Å². The molecule has 0 saturated heterocycles. The molecule has 12 bridgehead atoms. The summed E-state index contributed by atoms with van der Waals surface area (Å²) in [6.45, 7) is 0. The standard InChI is InChI=1S/C50H56F4O5S/c51-43-45(53)48(60(56,57)58)46(54)44(52)47(43)59-49(55)42-36(32-13-26-15-34(32)40-23-4-2-21(8-23)38(26)40)11-25(31-17-30-10-28(31)19-50(30)18-20-1-6-29(50)7-20)12-37(42)33-14-27-16-35(33)41-24-5-3-22(9-24)39(27)41/h11-12,20-24,26-35,38-41H,1-10,13-19H2,(H,56,57,58). The Labute approximate surface area is 350 Å². The topological polar surface area (TPSA) is 80.7 Å². The summed E-state index contributed by atoms with van der Waals surface area (Å²) < 4.78 is 101. The zero-order valence-corrected chi connectivity index (χ0v) is 35.0. The summed E-state index contributed by atoms with van der Waals surface area (Å²) in [5.41, 5.74) is 4.05. The maximum Gasteiger partial charge on any atom is 0.344 e. The van der Waals surface area contributed by atoms with Gasteiger partial charge in [0.1, 0.15) is 0 Å². The first kappa shape index (κ1) is 37.0. The summed E-state index contributed by atoms with van der Waals surface area (Å²) >= 11 is 0. The molecule has 0 radical (unpaired) electrons. The molecule has 1 N–H and O–H groups in total. The van der Waals surface area contributed by atoms with Crippen LogP contribution in [-0.2, 0) is 10.1 Å². The molecule has 10 heteroatoms. The van der Waals surface area contributed by atoms with Crippen molar-refractivity contribution in [3.8, 4) is 5.75 Å². The number of benzene rings is 2. The van der Waals surface area contributed by atoms with Crippen LogP contribution in [0.4, 0.5) is 17.6 Å². The van der Waals surface area contributed by atoms with E-state index in [1.54, 1.807) is 0 Å². The highest BCUT2D eigenvalue weighted by molar-refractivity contribution is 7.85. The van der Waals surface area contributed by atoms with Crippen LogP contribution in [0.25, 0.3) is 0 Å². The summed E-state index contributed by atoms with van der Waals surface area (Å²) in [4.78, 5) is 13.0. The van der Waals surface area contributed by atoms with Crippen molar-refractivity contribution in [2.24, 2.45) is 100 Å². The van der Waals surface area contributed by atoms with Crippen LogP contribution in [0.5, 0.6) is 5.75 Å². The van der Waals surface area contributed by atoms with Crippen molar-refractivity contribution in [3.63, 3.8) is 0 Å². The van der Waals surface area contributed by atoms with Crippen molar-refractivity contribution in [3.05, 3.63) is 57.7 Å². The van der Waals surface area contributed by atoms with Gasteiger partial charge in [0.05, 0.1) is 5.56 Å². The van der Waals surface area contributed by atoms with Crippen molar-refractivity contribution in [2.45, 2.75) is 132 Å². The molecular weight excluding hydrogens is 789 g/mol. The molecule has 20 atom stereocenters. The molecule has 0 aliphatic heterocycles. The van der Waals surface area contributed by atoms with Gasteiger partial charge in [-0.15, -0.1) is 0 Å². The molecule has 12 aliphatic rings. The van der Waals surface area contributed by atoms with Gasteiger partial charge >= 0.3 is 16.1 Å². The maximum atomic E-state index is 15.7. The van der Waals surface area contributed by atoms with Crippen molar-refractivity contribution in [2.75, 3.05) is 0 Å². The van der Waals surface area contributed by atoms with E-state index in [0.717, 1.165) is 78.2 Å². The summed E-state index contributed by atoms with van der Waals surface area (Å²) in [6, 6.07) is 4.63. The molecule has 60 heavy (non-hydrogen) atoms. The van der Waals surface area contributed by atoms with E-state index in [2.05, 4.69) is 12.1 Å². The maximum absolute atomic E-state index is 15.7. The SMILES string of the molecule is O=C(Oc1c(F)c(F)c(S(=O)(=O)O)c(F)c1F)c1c(C2CC3CC2C2C4CCC(C4)C32)cc(C2CC3CC2CC32CC3CCC2C3)cc1C1CC2CC1C1C3CCC(C3)C21. The van der Waals surface area contributed by atoms with E-state index in [1.807, 2.05) is 0 Å². The minimum absolute atomic E-state index is 0.0891. The minimum atomic E-state index is -5.67. The Kier molecular flexibility index (Phi) is 7.52. The Bertz CT molecular complexity index is 2280. The van der Waals surface area contributed by atoms with Gasteiger partial charge in [0.15, 0.2) is 16.5 Å². The third kappa shape index (κ3) is 4.65. The van der Waals surface area contributed by atoms with Crippen LogP contribution in [0.15, 0.2) is 17.0 Å². The van der Waals surface area contributed by atoms with Crippen LogP contribution < -0.4 is 4.74 Å². The number of hydrogen-bond acceptors (Lipinski definition) is 4. The van der Waals surface area contributed by atoms with Gasteiger partial charge in [-0.25, -0.2) is 13.6 Å². The fraction of sp³-hybridized carbons (Fsp3) is 0.740. The lowest BCUT2D eigenvalue weighted by atomic mass is 9.60. The predicted octanol–water partition coefficient (Wildman–Crippen LogP) is 11.6. The third-order valence-electron chi connectivity index (χ3n) is 21.9. The van der Waals surface area contributed by atoms with E-state index in [1.165, 1.54) is 89.0 Å². The summed E-state index contributed by atoms with van der Waals surface area (Å²) in [7, 11) is -5.67. The number of hydrogen-bond donors (Lipinski definition) is 1. The fourth-order valence-electron chi connectivity index (χ4n) is 20.8. The molecular formula is C50H56F4O5S. The Hall–Kier alpha value is -2.46. The van der Waals surface area contributed by atoms with Gasteiger partial charge in [-0.3, -0.25) is 4.55 Å². The molecule has 20 unspecified atom stereocenters. The molecule has 0 heterocycles. The number of carbonyl (C=O) groups is 1. The number of rotatable bonds is 6. The third-order valence-corrected chi connectivity index (χ3v) is 22.8. The van der Waals surface area contributed by atoms with Gasteiger partial charge < -0.3 is 4.74 Å². The quantitative estimate of drug-likeness (QED) is 0.0782. The average Bonchev–Trinajstić information content (AvgIpc) is 4.05. The lowest BCUT2D eigenvalue weighted by molar-refractivity contribution is 0.0706. The van der Waals surface area contributed by atoms with Crippen molar-refractivity contribution in [1.29, 1.82) is 0 Å². The molecule has 12 fully saturated rings. The predicted molar refractivity (Wildman–Crippen MR) is 212 cm³/mol. The Balaban J connectivity index is 0.918. The van der Waals surface area contributed by atoms with Crippen molar-refractivity contribution in [1.82, 2.24) is 0 Å². The van der Waals surface area contributed by atoms with Gasteiger partial charge in [-0.05, 0) is 237 Å². The Morgan fingerprint density at radius 1 is 0.583 bits per heavy atom. The highest BCUT2D eigenvalue weighted by Crippen LogP contribution is 2.75. The van der Waals surface area contributed by atoms with Crippen LogP contribution >= 0.6 is 0 Å². The summed E-state index contributed by atoms with van der Waals surface area (Å²) in [5, 5.41) is 0. The average molecular weight is 845 g/mol. The number of esters is 1. The summed E-state index contributed by atoms with van der Waals surface area (Å²) in [6.07, 6.45) is 21.4. The van der Waals surface area contributed by atoms with Crippen molar-refractivity contribution < 1.29 is 40.1 Å². The number of halogens is 4.